The Morgan fingerprint density at radius 2 is 1.90 bits per heavy atom. The van der Waals surface area contributed by atoms with Gasteiger partial charge in [0.05, 0.1) is 0 Å². The molecule has 2 heterocycles. The summed E-state index contributed by atoms with van der Waals surface area (Å²) >= 11 is 1.82. The fourth-order valence-electron chi connectivity index (χ4n) is 2.44. The lowest BCUT2D eigenvalue weighted by Crippen LogP contribution is -2.14. The molecule has 1 aromatic heterocycles. The molecule has 4 nitrogen and oxygen atoms in total. The van der Waals surface area contributed by atoms with E-state index in [0.29, 0.717) is 0 Å². The van der Waals surface area contributed by atoms with Crippen molar-refractivity contribution in [1.82, 2.24) is 14.8 Å². The van der Waals surface area contributed by atoms with Crippen LogP contribution < -0.4 is 4.90 Å². The van der Waals surface area contributed by atoms with Gasteiger partial charge in [-0.05, 0) is 31.4 Å². The maximum absolute atomic E-state index is 4.39. The molecule has 0 atom stereocenters. The van der Waals surface area contributed by atoms with Crippen LogP contribution in [0.3, 0.4) is 0 Å². The van der Waals surface area contributed by atoms with Gasteiger partial charge in [0, 0.05) is 24.5 Å². The first-order chi connectivity index (χ1) is 10.1. The summed E-state index contributed by atoms with van der Waals surface area (Å²) in [5, 5.41) is 9.81. The number of rotatable bonds is 5. The second-order valence-electron chi connectivity index (χ2n) is 5.95. The average molecular weight is 302 g/mol. The Morgan fingerprint density at radius 3 is 2.62 bits per heavy atom. The highest BCUT2D eigenvalue weighted by molar-refractivity contribution is 7.99. The van der Waals surface area contributed by atoms with Gasteiger partial charge in [0.1, 0.15) is 0 Å². The first kappa shape index (κ1) is 14.4. The van der Waals surface area contributed by atoms with Crippen molar-refractivity contribution < 1.29 is 0 Å². The molecule has 0 spiro atoms. The van der Waals surface area contributed by atoms with E-state index in [9.17, 15) is 0 Å². The fraction of sp³-hybridized carbons (Fsp3) is 0.500. The summed E-state index contributed by atoms with van der Waals surface area (Å²) in [6, 6.07) is 8.61. The number of thioether (sulfide) groups is 1. The highest BCUT2D eigenvalue weighted by atomic mass is 32.2. The van der Waals surface area contributed by atoms with E-state index in [0.717, 1.165) is 35.9 Å². The van der Waals surface area contributed by atoms with Crippen LogP contribution in [0.15, 0.2) is 29.4 Å². The van der Waals surface area contributed by atoms with Gasteiger partial charge in [-0.1, -0.05) is 43.3 Å². The van der Waals surface area contributed by atoms with Crippen molar-refractivity contribution in [3.05, 3.63) is 29.8 Å². The Bertz CT molecular complexity index is 603. The molecule has 0 fully saturated rings. The highest BCUT2D eigenvalue weighted by Crippen LogP contribution is 2.32. The van der Waals surface area contributed by atoms with Crippen LogP contribution in [-0.4, -0.2) is 27.1 Å². The quantitative estimate of drug-likeness (QED) is 0.785. The number of benzene rings is 1. The van der Waals surface area contributed by atoms with Gasteiger partial charge in [-0.2, -0.15) is 0 Å². The van der Waals surface area contributed by atoms with E-state index in [-0.39, 0.29) is 0 Å². The lowest BCUT2D eigenvalue weighted by molar-refractivity contribution is 0.630. The van der Waals surface area contributed by atoms with Crippen LogP contribution in [0.4, 0.5) is 11.6 Å². The van der Waals surface area contributed by atoms with Crippen molar-refractivity contribution in [3.63, 3.8) is 0 Å². The van der Waals surface area contributed by atoms with E-state index in [1.54, 1.807) is 0 Å². The summed E-state index contributed by atoms with van der Waals surface area (Å²) in [6.45, 7) is 8.58. The predicted octanol–water partition coefficient (Wildman–Crippen LogP) is 3.88. The number of hydrogen-bond acceptors (Lipinski definition) is 4. The zero-order valence-corrected chi connectivity index (χ0v) is 13.7. The van der Waals surface area contributed by atoms with Crippen molar-refractivity contribution in [2.24, 2.45) is 5.92 Å². The van der Waals surface area contributed by atoms with Crippen LogP contribution in [0.5, 0.6) is 0 Å². The van der Waals surface area contributed by atoms with Crippen LogP contribution in [0.1, 0.15) is 25.8 Å². The number of anilines is 2. The van der Waals surface area contributed by atoms with Crippen molar-refractivity contribution >= 4 is 23.4 Å². The largest absolute Gasteiger partial charge is 0.309 e. The minimum atomic E-state index is 0.738. The zero-order valence-electron chi connectivity index (χ0n) is 12.9. The molecule has 1 aliphatic rings. The van der Waals surface area contributed by atoms with Crippen molar-refractivity contribution in [2.45, 2.75) is 38.9 Å². The topological polar surface area (TPSA) is 34.0 Å². The summed E-state index contributed by atoms with van der Waals surface area (Å²) in [5.74, 6) is 2.83. The third-order valence-corrected chi connectivity index (χ3v) is 4.76. The molecule has 1 aromatic carbocycles. The van der Waals surface area contributed by atoms with E-state index in [2.05, 4.69) is 64.7 Å². The molecule has 0 unspecified atom stereocenters. The summed E-state index contributed by atoms with van der Waals surface area (Å²) in [7, 11) is 0. The number of aryl methyl sites for hydroxylation is 1. The standard InChI is InChI=1S/C16H22N4S/c1-12(2)8-11-21-16-18-17-15-19(9-10-20(15)16)14-6-4-13(3)5-7-14/h4-7,12H,8-11H2,1-3H3. The molecule has 3 rings (SSSR count). The number of fused-ring (bicyclic) bond motifs is 1. The molecule has 1 aliphatic heterocycles. The minimum absolute atomic E-state index is 0.738. The molecule has 0 radical (unpaired) electrons. The number of nitrogens with zero attached hydrogens (tertiary/aromatic N) is 4. The third-order valence-electron chi connectivity index (χ3n) is 3.76. The second kappa shape index (κ2) is 6.10. The molecule has 0 amide bonds. The van der Waals surface area contributed by atoms with E-state index in [1.807, 2.05) is 11.8 Å². The Hall–Kier alpha value is -1.49. The van der Waals surface area contributed by atoms with E-state index in [4.69, 9.17) is 0 Å². The van der Waals surface area contributed by atoms with Gasteiger partial charge in [-0.15, -0.1) is 10.2 Å². The van der Waals surface area contributed by atoms with E-state index in [1.165, 1.54) is 17.7 Å². The molecule has 0 aliphatic carbocycles. The third kappa shape index (κ3) is 3.07. The normalized spacial score (nSPS) is 14.0. The number of hydrogen-bond donors (Lipinski definition) is 0. The molecular formula is C16H22N4S. The molecule has 0 saturated carbocycles. The SMILES string of the molecule is Cc1ccc(N2CCn3c(SCCC(C)C)nnc32)cc1. The van der Waals surface area contributed by atoms with E-state index >= 15 is 0 Å². The monoisotopic (exact) mass is 302 g/mol. The predicted molar refractivity (Wildman–Crippen MR) is 88.4 cm³/mol. The van der Waals surface area contributed by atoms with Crippen LogP contribution in [0.25, 0.3) is 0 Å². The second-order valence-corrected chi connectivity index (χ2v) is 7.01. The average Bonchev–Trinajstić information content (AvgIpc) is 3.02. The minimum Gasteiger partial charge on any atom is -0.309 e. The van der Waals surface area contributed by atoms with Gasteiger partial charge >= 0.3 is 0 Å². The molecule has 0 bridgehead atoms. The molecule has 112 valence electrons. The lowest BCUT2D eigenvalue weighted by Gasteiger charge is -2.15. The van der Waals surface area contributed by atoms with Crippen LogP contribution in [0, 0.1) is 12.8 Å². The van der Waals surface area contributed by atoms with Gasteiger partial charge < -0.3 is 4.90 Å². The number of aromatic nitrogens is 3. The van der Waals surface area contributed by atoms with Gasteiger partial charge in [-0.25, -0.2) is 0 Å². The Labute approximate surface area is 130 Å². The van der Waals surface area contributed by atoms with Gasteiger partial charge in [-0.3, -0.25) is 4.57 Å². The molecule has 2 aromatic rings. The maximum atomic E-state index is 4.39. The molecule has 5 heteroatoms. The van der Waals surface area contributed by atoms with Gasteiger partial charge in [0.25, 0.3) is 0 Å². The molecule has 0 N–H and O–H groups in total. The fourth-order valence-corrected chi connectivity index (χ4v) is 3.64. The maximum Gasteiger partial charge on any atom is 0.232 e. The van der Waals surface area contributed by atoms with Crippen LogP contribution in [-0.2, 0) is 6.54 Å². The summed E-state index contributed by atoms with van der Waals surface area (Å²) in [5.41, 5.74) is 2.48. The zero-order chi connectivity index (χ0) is 14.8. The molecule has 21 heavy (non-hydrogen) atoms. The van der Waals surface area contributed by atoms with E-state index < -0.39 is 0 Å². The Kier molecular flexibility index (Phi) is 4.19. The van der Waals surface area contributed by atoms with Crippen LogP contribution in [0.2, 0.25) is 0 Å². The smallest absolute Gasteiger partial charge is 0.232 e. The first-order valence-corrected chi connectivity index (χ1v) is 8.54. The molecule has 0 saturated heterocycles. The summed E-state index contributed by atoms with van der Waals surface area (Å²) in [4.78, 5) is 2.25. The lowest BCUT2D eigenvalue weighted by atomic mass is 10.2. The Balaban J connectivity index is 1.74. The van der Waals surface area contributed by atoms with Gasteiger partial charge in [0.2, 0.25) is 5.95 Å². The first-order valence-electron chi connectivity index (χ1n) is 7.55. The molecular weight excluding hydrogens is 280 g/mol. The van der Waals surface area contributed by atoms with Crippen molar-refractivity contribution in [1.29, 1.82) is 0 Å². The van der Waals surface area contributed by atoms with Crippen molar-refractivity contribution in [3.8, 4) is 0 Å². The summed E-state index contributed by atoms with van der Waals surface area (Å²) in [6.07, 6.45) is 1.22. The summed E-state index contributed by atoms with van der Waals surface area (Å²) < 4.78 is 2.24. The Morgan fingerprint density at radius 1 is 1.14 bits per heavy atom. The van der Waals surface area contributed by atoms with Crippen molar-refractivity contribution in [2.75, 3.05) is 17.2 Å². The van der Waals surface area contributed by atoms with Gasteiger partial charge in [0.15, 0.2) is 5.16 Å². The van der Waals surface area contributed by atoms with Crippen LogP contribution >= 0.6 is 11.8 Å². The highest BCUT2D eigenvalue weighted by Gasteiger charge is 2.25.